The van der Waals surface area contributed by atoms with Crippen molar-refractivity contribution in [1.82, 2.24) is 9.71 Å². The Labute approximate surface area is 151 Å². The largest absolute Gasteiger partial charge is 0.344 e. The van der Waals surface area contributed by atoms with E-state index in [0.29, 0.717) is 10.9 Å². The zero-order chi connectivity index (χ0) is 17.1. The highest BCUT2D eigenvalue weighted by atomic mass is 32.2. The number of hydrogen-bond donors (Lipinski definition) is 1. The van der Waals surface area contributed by atoms with Crippen LogP contribution >= 0.6 is 35.0 Å². The van der Waals surface area contributed by atoms with E-state index < -0.39 is 4.92 Å². The first-order chi connectivity index (χ1) is 11.5. The number of nitrogens with one attached hydrogen (secondary N) is 1. The Kier molecular flexibility index (Phi) is 5.17. The van der Waals surface area contributed by atoms with E-state index in [1.807, 2.05) is 32.0 Å². The second-order valence-electron chi connectivity index (χ2n) is 4.91. The van der Waals surface area contributed by atoms with Gasteiger partial charge in [-0.25, -0.2) is 9.98 Å². The molecule has 2 aromatic rings. The fraction of sp³-hybridized carbons (Fsp3) is 0.214. The molecule has 0 aliphatic carbocycles. The number of thioether (sulfide) groups is 1. The van der Waals surface area contributed by atoms with Gasteiger partial charge in [0.15, 0.2) is 8.72 Å². The molecule has 0 spiro atoms. The molecule has 0 unspecified atom stereocenters. The van der Waals surface area contributed by atoms with Crippen molar-refractivity contribution < 1.29 is 4.92 Å². The first-order valence-electron chi connectivity index (χ1n) is 6.92. The summed E-state index contributed by atoms with van der Waals surface area (Å²) in [4.78, 5) is 23.4. The number of aliphatic imine (C=N–C) groups is 2. The average Bonchev–Trinajstić information content (AvgIpc) is 3.01. The molecule has 1 N–H and O–H groups in total. The van der Waals surface area contributed by atoms with Gasteiger partial charge in [0.25, 0.3) is 0 Å². The minimum Gasteiger partial charge on any atom is -0.310 e. The molecule has 0 fully saturated rings. The molecule has 1 aromatic heterocycles. The third-order valence-electron chi connectivity index (χ3n) is 3.13. The molecule has 124 valence electrons. The van der Waals surface area contributed by atoms with E-state index in [0.717, 1.165) is 38.4 Å². The lowest BCUT2D eigenvalue weighted by Crippen LogP contribution is -2.25. The van der Waals surface area contributed by atoms with Crippen LogP contribution in [0.4, 0.5) is 10.7 Å². The molecule has 0 radical (unpaired) electrons. The van der Waals surface area contributed by atoms with Gasteiger partial charge in [0, 0.05) is 11.9 Å². The Hall–Kier alpha value is -1.91. The van der Waals surface area contributed by atoms with Gasteiger partial charge in [-0.3, -0.25) is 15.1 Å². The Balaban J connectivity index is 1.69. The van der Waals surface area contributed by atoms with Crippen LogP contribution in [0.1, 0.15) is 11.1 Å². The lowest BCUT2D eigenvalue weighted by atomic mass is 10.1. The number of thiazole rings is 1. The van der Waals surface area contributed by atoms with Crippen molar-refractivity contribution in [2.75, 3.05) is 6.54 Å². The molecule has 0 atom stereocenters. The van der Waals surface area contributed by atoms with Gasteiger partial charge in [0.2, 0.25) is 0 Å². The molecule has 7 nitrogen and oxygen atoms in total. The van der Waals surface area contributed by atoms with Gasteiger partial charge < -0.3 is 4.72 Å². The number of hydrogen-bond acceptors (Lipinski definition) is 8. The lowest BCUT2D eigenvalue weighted by molar-refractivity contribution is -0.380. The van der Waals surface area contributed by atoms with E-state index in [9.17, 15) is 10.1 Å². The monoisotopic (exact) mass is 379 g/mol. The number of aromatic nitrogens is 1. The molecule has 2 heterocycles. The molecule has 0 saturated heterocycles. The topological polar surface area (TPSA) is 92.8 Å². The fourth-order valence-electron chi connectivity index (χ4n) is 1.99. The molecular weight excluding hydrogens is 366 g/mol. The zero-order valence-electron chi connectivity index (χ0n) is 12.8. The standard InChI is InChI=1S/C14H13N5O2S3/c1-8-4-3-5-9(2)12(8)17-10-6-15-14(24-18-10)23-13-16-7-11(22-13)19(20)21/h3-5,7H,6H2,1-2H3,(H,17,18). The van der Waals surface area contributed by atoms with Gasteiger partial charge in [0.1, 0.15) is 12.0 Å². The molecule has 24 heavy (non-hydrogen) atoms. The summed E-state index contributed by atoms with van der Waals surface area (Å²) in [5, 5.41) is 10.7. The van der Waals surface area contributed by atoms with Gasteiger partial charge in [0.05, 0.1) is 17.2 Å². The maximum Gasteiger partial charge on any atom is 0.344 e. The average molecular weight is 379 g/mol. The third kappa shape index (κ3) is 3.94. The Bertz CT molecular complexity index is 826. The van der Waals surface area contributed by atoms with Gasteiger partial charge >= 0.3 is 5.00 Å². The molecule has 0 bridgehead atoms. The first-order valence-corrected chi connectivity index (χ1v) is 9.37. The first kappa shape index (κ1) is 16.9. The fourth-order valence-corrected chi connectivity index (χ4v) is 4.63. The maximum atomic E-state index is 10.7. The molecule has 3 rings (SSSR count). The summed E-state index contributed by atoms with van der Waals surface area (Å²) in [6.45, 7) is 4.50. The Morgan fingerprint density at radius 2 is 2.12 bits per heavy atom. The SMILES string of the molecule is Cc1cccc(C)c1N=C1CN=C(Sc2ncc([N+](=O)[O-])s2)SN1. The molecule has 10 heteroatoms. The summed E-state index contributed by atoms with van der Waals surface area (Å²) in [6, 6.07) is 6.07. The van der Waals surface area contributed by atoms with Crippen LogP contribution in [0.2, 0.25) is 0 Å². The quantitative estimate of drug-likeness (QED) is 0.490. The molecule has 0 amide bonds. The highest BCUT2D eigenvalue weighted by molar-refractivity contribution is 8.38. The molecule has 1 aromatic carbocycles. The number of para-hydroxylation sites is 1. The van der Waals surface area contributed by atoms with Crippen molar-refractivity contribution in [3.8, 4) is 0 Å². The minimum atomic E-state index is -0.439. The van der Waals surface area contributed by atoms with Gasteiger partial charge in [-0.1, -0.05) is 18.2 Å². The van der Waals surface area contributed by atoms with E-state index in [1.54, 1.807) is 0 Å². The van der Waals surface area contributed by atoms with Crippen LogP contribution in [-0.2, 0) is 0 Å². The van der Waals surface area contributed by atoms with Crippen LogP contribution in [0.5, 0.6) is 0 Å². The smallest absolute Gasteiger partial charge is 0.310 e. The van der Waals surface area contributed by atoms with Crippen molar-refractivity contribution in [2.24, 2.45) is 9.98 Å². The molecular formula is C14H13N5O2S3. The lowest BCUT2D eigenvalue weighted by Gasteiger charge is -2.15. The summed E-state index contributed by atoms with van der Waals surface area (Å²) < 4.78 is 4.55. The summed E-state index contributed by atoms with van der Waals surface area (Å²) in [5.74, 6) is 0.784. The number of rotatable bonds is 3. The van der Waals surface area contributed by atoms with E-state index in [2.05, 4.69) is 19.7 Å². The maximum absolute atomic E-state index is 10.7. The van der Waals surface area contributed by atoms with Crippen LogP contribution in [0.3, 0.4) is 0 Å². The van der Waals surface area contributed by atoms with Crippen LogP contribution in [0.15, 0.2) is 38.7 Å². The normalized spacial score (nSPS) is 15.9. The molecule has 0 saturated carbocycles. The predicted molar refractivity (Wildman–Crippen MR) is 101 cm³/mol. The second kappa shape index (κ2) is 7.32. The summed E-state index contributed by atoms with van der Waals surface area (Å²) in [5.41, 5.74) is 3.20. The number of aryl methyl sites for hydroxylation is 2. The van der Waals surface area contributed by atoms with E-state index in [1.165, 1.54) is 29.9 Å². The van der Waals surface area contributed by atoms with Gasteiger partial charge in [-0.2, -0.15) is 0 Å². The van der Waals surface area contributed by atoms with Gasteiger partial charge in [-0.15, -0.1) is 0 Å². The number of nitro groups is 1. The van der Waals surface area contributed by atoms with E-state index in [-0.39, 0.29) is 5.00 Å². The summed E-state index contributed by atoms with van der Waals surface area (Å²) in [6.07, 6.45) is 1.27. The minimum absolute atomic E-state index is 0.0316. The van der Waals surface area contributed by atoms with Crippen molar-refractivity contribution >= 4 is 55.9 Å². The van der Waals surface area contributed by atoms with E-state index >= 15 is 0 Å². The number of nitrogens with zero attached hydrogens (tertiary/aromatic N) is 4. The molecule has 1 aliphatic heterocycles. The number of benzene rings is 1. The molecule has 1 aliphatic rings. The van der Waals surface area contributed by atoms with Crippen molar-refractivity contribution in [3.63, 3.8) is 0 Å². The predicted octanol–water partition coefficient (Wildman–Crippen LogP) is 4.10. The van der Waals surface area contributed by atoms with Crippen molar-refractivity contribution in [3.05, 3.63) is 45.6 Å². The summed E-state index contributed by atoms with van der Waals surface area (Å²) >= 11 is 3.70. The third-order valence-corrected chi connectivity index (χ3v) is 6.10. The van der Waals surface area contributed by atoms with Crippen LogP contribution in [0.25, 0.3) is 0 Å². The van der Waals surface area contributed by atoms with Crippen LogP contribution < -0.4 is 4.72 Å². The Morgan fingerprint density at radius 1 is 1.38 bits per heavy atom. The van der Waals surface area contributed by atoms with Crippen molar-refractivity contribution in [1.29, 1.82) is 0 Å². The van der Waals surface area contributed by atoms with Crippen LogP contribution in [-0.4, -0.2) is 26.7 Å². The zero-order valence-corrected chi connectivity index (χ0v) is 15.3. The summed E-state index contributed by atoms with van der Waals surface area (Å²) in [7, 11) is 0. The van der Waals surface area contributed by atoms with Crippen molar-refractivity contribution in [2.45, 2.75) is 18.2 Å². The second-order valence-corrected chi connectivity index (χ2v) is 8.21. The Morgan fingerprint density at radius 3 is 2.71 bits per heavy atom. The van der Waals surface area contributed by atoms with Crippen LogP contribution in [0, 0.1) is 24.0 Å². The highest BCUT2D eigenvalue weighted by Gasteiger charge is 2.17. The van der Waals surface area contributed by atoms with E-state index in [4.69, 9.17) is 0 Å². The number of amidine groups is 1. The highest BCUT2D eigenvalue weighted by Crippen LogP contribution is 2.33. The van der Waals surface area contributed by atoms with Gasteiger partial charge in [-0.05, 0) is 48.1 Å².